The number of rotatable bonds is 2. The first kappa shape index (κ1) is 9.50. The topological polar surface area (TPSA) is 74.6 Å². The van der Waals surface area contributed by atoms with E-state index in [4.69, 9.17) is 10.2 Å². The second-order valence-corrected chi connectivity index (χ2v) is 2.05. The van der Waals surface area contributed by atoms with Crippen LogP contribution in [0.3, 0.4) is 0 Å². The summed E-state index contributed by atoms with van der Waals surface area (Å²) in [5.41, 5.74) is 0. The van der Waals surface area contributed by atoms with Crippen molar-refractivity contribution in [1.82, 2.24) is 0 Å². The van der Waals surface area contributed by atoms with Gasteiger partial charge in [0.1, 0.15) is 0 Å². The van der Waals surface area contributed by atoms with Gasteiger partial charge in [-0.3, -0.25) is 4.79 Å². The van der Waals surface area contributed by atoms with Crippen LogP contribution >= 0.6 is 0 Å². The second kappa shape index (κ2) is 4.34. The maximum Gasteiger partial charge on any atom is 0.381 e. The average Bonchev–Trinajstić information content (AvgIpc) is 1.86. The standard InChI is InChI=1S/C7H8O4/c1-5(7(10)11)3-2-4-6(8)9/h5H,3H2,1H3,(H,8,9)(H,10,11). The summed E-state index contributed by atoms with van der Waals surface area (Å²) in [6.45, 7) is 1.47. The summed E-state index contributed by atoms with van der Waals surface area (Å²) in [5, 5.41) is 16.4. The van der Waals surface area contributed by atoms with E-state index < -0.39 is 17.9 Å². The van der Waals surface area contributed by atoms with Gasteiger partial charge in [0.2, 0.25) is 0 Å². The van der Waals surface area contributed by atoms with E-state index in [2.05, 4.69) is 5.92 Å². The van der Waals surface area contributed by atoms with Crippen molar-refractivity contribution in [3.63, 3.8) is 0 Å². The first-order valence-electron chi connectivity index (χ1n) is 2.98. The molecule has 0 amide bonds. The third kappa shape index (κ3) is 4.97. The highest BCUT2D eigenvalue weighted by atomic mass is 16.4. The molecule has 0 fully saturated rings. The number of carbonyl (C=O) groups is 2. The fourth-order valence-electron chi connectivity index (χ4n) is 0.367. The molecule has 4 heteroatoms. The molecule has 1 unspecified atom stereocenters. The Bertz CT molecular complexity index is 220. The fraction of sp³-hybridized carbons (Fsp3) is 0.429. The predicted molar refractivity (Wildman–Crippen MR) is 36.8 cm³/mol. The van der Waals surface area contributed by atoms with Gasteiger partial charge in [-0.1, -0.05) is 12.8 Å². The first-order valence-corrected chi connectivity index (χ1v) is 2.98. The Morgan fingerprint density at radius 1 is 1.45 bits per heavy atom. The summed E-state index contributed by atoms with van der Waals surface area (Å²) in [4.78, 5) is 20.0. The van der Waals surface area contributed by atoms with Crippen LogP contribution in [0.15, 0.2) is 0 Å². The lowest BCUT2D eigenvalue weighted by molar-refractivity contribution is -0.141. The maximum absolute atomic E-state index is 10.2. The molecule has 0 spiro atoms. The normalized spacial score (nSPS) is 11.0. The molecular formula is C7H8O4. The summed E-state index contributed by atoms with van der Waals surface area (Å²) in [6, 6.07) is 0. The van der Waals surface area contributed by atoms with Crippen molar-refractivity contribution < 1.29 is 19.8 Å². The Balaban J connectivity index is 3.82. The molecule has 11 heavy (non-hydrogen) atoms. The van der Waals surface area contributed by atoms with Crippen molar-refractivity contribution in [3.8, 4) is 11.8 Å². The van der Waals surface area contributed by atoms with Gasteiger partial charge in [-0.05, 0) is 0 Å². The van der Waals surface area contributed by atoms with Crippen LogP contribution < -0.4 is 0 Å². The van der Waals surface area contributed by atoms with Crippen LogP contribution in [-0.4, -0.2) is 22.2 Å². The molecule has 0 heterocycles. The molecule has 0 aromatic rings. The lowest BCUT2D eigenvalue weighted by atomic mass is 10.1. The third-order valence-corrected chi connectivity index (χ3v) is 1.03. The molecule has 0 aromatic carbocycles. The van der Waals surface area contributed by atoms with Crippen LogP contribution in [0.25, 0.3) is 0 Å². The van der Waals surface area contributed by atoms with E-state index in [1.165, 1.54) is 6.92 Å². The highest BCUT2D eigenvalue weighted by Gasteiger charge is 2.07. The van der Waals surface area contributed by atoms with E-state index in [1.54, 1.807) is 0 Å². The SMILES string of the molecule is CC(CC#CC(=O)O)C(=O)O. The van der Waals surface area contributed by atoms with Gasteiger partial charge < -0.3 is 10.2 Å². The number of carboxylic acid groups (broad SMARTS) is 2. The molecule has 0 radical (unpaired) electrons. The van der Waals surface area contributed by atoms with Gasteiger partial charge in [-0.15, -0.1) is 0 Å². The molecule has 0 saturated carbocycles. The lowest BCUT2D eigenvalue weighted by Gasteiger charge is -1.96. The second-order valence-electron chi connectivity index (χ2n) is 2.05. The maximum atomic E-state index is 10.2. The Hall–Kier alpha value is -1.50. The Labute approximate surface area is 63.8 Å². The third-order valence-electron chi connectivity index (χ3n) is 1.03. The van der Waals surface area contributed by atoms with Crippen molar-refractivity contribution in [3.05, 3.63) is 0 Å². The monoisotopic (exact) mass is 156 g/mol. The Morgan fingerprint density at radius 3 is 2.36 bits per heavy atom. The van der Waals surface area contributed by atoms with E-state index in [1.807, 2.05) is 5.92 Å². The summed E-state index contributed by atoms with van der Waals surface area (Å²) in [6.07, 6.45) is 0.0711. The minimum Gasteiger partial charge on any atom is -0.481 e. The highest BCUT2D eigenvalue weighted by Crippen LogP contribution is 1.98. The molecule has 60 valence electrons. The molecule has 0 aliphatic heterocycles. The highest BCUT2D eigenvalue weighted by molar-refractivity contribution is 5.86. The Morgan fingerprint density at radius 2 is 2.00 bits per heavy atom. The Kier molecular flexibility index (Phi) is 3.75. The number of carboxylic acids is 2. The summed E-state index contributed by atoms with van der Waals surface area (Å²) in [5.74, 6) is 1.26. The minimum absolute atomic E-state index is 0.0711. The molecule has 0 aromatic heterocycles. The largest absolute Gasteiger partial charge is 0.481 e. The molecular weight excluding hydrogens is 148 g/mol. The summed E-state index contributed by atoms with van der Waals surface area (Å²) in [7, 11) is 0. The van der Waals surface area contributed by atoms with Crippen molar-refractivity contribution in [2.24, 2.45) is 5.92 Å². The van der Waals surface area contributed by atoms with Crippen LogP contribution in [-0.2, 0) is 9.59 Å². The number of aliphatic carboxylic acids is 2. The molecule has 4 nitrogen and oxygen atoms in total. The van der Waals surface area contributed by atoms with Gasteiger partial charge >= 0.3 is 11.9 Å². The molecule has 0 aliphatic carbocycles. The van der Waals surface area contributed by atoms with Crippen LogP contribution in [0, 0.1) is 17.8 Å². The predicted octanol–water partition coefficient (Wildman–Crippen LogP) is 0.185. The van der Waals surface area contributed by atoms with Crippen LogP contribution in [0.2, 0.25) is 0 Å². The van der Waals surface area contributed by atoms with E-state index in [0.717, 1.165) is 0 Å². The van der Waals surface area contributed by atoms with Crippen LogP contribution in [0.4, 0.5) is 0 Å². The molecule has 0 rings (SSSR count). The van der Waals surface area contributed by atoms with Crippen LogP contribution in [0.1, 0.15) is 13.3 Å². The lowest BCUT2D eigenvalue weighted by Crippen LogP contribution is -2.08. The average molecular weight is 156 g/mol. The smallest absolute Gasteiger partial charge is 0.381 e. The quantitative estimate of drug-likeness (QED) is 0.559. The molecule has 2 N–H and O–H groups in total. The summed E-state index contributed by atoms with van der Waals surface area (Å²) < 4.78 is 0. The van der Waals surface area contributed by atoms with Gasteiger partial charge in [-0.25, -0.2) is 4.79 Å². The molecule has 0 saturated heterocycles. The van der Waals surface area contributed by atoms with Gasteiger partial charge in [0.25, 0.3) is 0 Å². The zero-order chi connectivity index (χ0) is 8.85. The zero-order valence-corrected chi connectivity index (χ0v) is 6.00. The molecule has 0 bridgehead atoms. The van der Waals surface area contributed by atoms with Crippen molar-refractivity contribution in [1.29, 1.82) is 0 Å². The number of hydrogen-bond acceptors (Lipinski definition) is 2. The van der Waals surface area contributed by atoms with Crippen LogP contribution in [0.5, 0.6) is 0 Å². The van der Waals surface area contributed by atoms with E-state index in [0.29, 0.717) is 0 Å². The summed E-state index contributed by atoms with van der Waals surface area (Å²) >= 11 is 0. The molecule has 1 atom stereocenters. The van der Waals surface area contributed by atoms with Crippen molar-refractivity contribution in [2.75, 3.05) is 0 Å². The van der Waals surface area contributed by atoms with E-state index >= 15 is 0 Å². The van der Waals surface area contributed by atoms with Crippen molar-refractivity contribution >= 4 is 11.9 Å². The van der Waals surface area contributed by atoms with Gasteiger partial charge in [0.15, 0.2) is 0 Å². The fourth-order valence-corrected chi connectivity index (χ4v) is 0.367. The van der Waals surface area contributed by atoms with Crippen molar-refractivity contribution in [2.45, 2.75) is 13.3 Å². The first-order chi connectivity index (χ1) is 5.04. The van der Waals surface area contributed by atoms with Gasteiger partial charge in [0, 0.05) is 12.3 Å². The van der Waals surface area contributed by atoms with E-state index in [-0.39, 0.29) is 6.42 Å². The minimum atomic E-state index is -1.23. The van der Waals surface area contributed by atoms with Gasteiger partial charge in [-0.2, -0.15) is 0 Å². The van der Waals surface area contributed by atoms with Gasteiger partial charge in [0.05, 0.1) is 5.92 Å². The zero-order valence-electron chi connectivity index (χ0n) is 6.00. The molecule has 0 aliphatic rings. The number of hydrogen-bond donors (Lipinski definition) is 2. The van der Waals surface area contributed by atoms with E-state index in [9.17, 15) is 9.59 Å².